The Morgan fingerprint density at radius 3 is 2.44 bits per heavy atom. The number of benzene rings is 2. The minimum Gasteiger partial charge on any atom is -0.302 e. The number of nitrogens with zero attached hydrogens (tertiary/aromatic N) is 1. The van der Waals surface area contributed by atoms with E-state index >= 15 is 0 Å². The molecule has 3 aromatic rings. The minimum atomic E-state index is -0.456. The van der Waals surface area contributed by atoms with Gasteiger partial charge in [-0.2, -0.15) is 0 Å². The highest BCUT2D eigenvalue weighted by molar-refractivity contribution is 7.07. The van der Waals surface area contributed by atoms with Crippen LogP contribution in [0.3, 0.4) is 0 Å². The lowest BCUT2D eigenvalue weighted by atomic mass is 9.91. The van der Waals surface area contributed by atoms with Gasteiger partial charge >= 0.3 is 0 Å². The Bertz CT molecular complexity index is 1130. The summed E-state index contributed by atoms with van der Waals surface area (Å²) in [4.78, 5) is 24.7. The van der Waals surface area contributed by atoms with Crippen LogP contribution < -0.4 is 14.8 Å². The Hall–Kier alpha value is -2.46. The van der Waals surface area contributed by atoms with E-state index in [2.05, 4.69) is 24.3 Å². The summed E-state index contributed by atoms with van der Waals surface area (Å²) in [7, 11) is 1.71. The molecule has 0 N–H and O–H groups in total. The molecule has 128 valence electrons. The van der Waals surface area contributed by atoms with Crippen molar-refractivity contribution in [2.75, 3.05) is 0 Å². The average Bonchev–Trinajstić information content (AvgIpc) is 2.82. The Morgan fingerprint density at radius 1 is 1.08 bits per heavy atom. The lowest BCUT2D eigenvalue weighted by Crippen LogP contribution is -2.30. The third-order valence-corrected chi connectivity index (χ3v) is 5.24. The number of hydrogen-bond donors (Lipinski definition) is 0. The maximum Gasteiger partial charge on any atom is 0.268 e. The zero-order valence-corrected chi connectivity index (χ0v) is 15.7. The van der Waals surface area contributed by atoms with Crippen LogP contribution in [0, 0.1) is 5.41 Å². The van der Waals surface area contributed by atoms with E-state index in [1.165, 1.54) is 16.7 Å². The van der Waals surface area contributed by atoms with Crippen molar-refractivity contribution in [1.82, 2.24) is 4.57 Å². The highest BCUT2D eigenvalue weighted by Gasteiger charge is 2.19. The van der Waals surface area contributed by atoms with E-state index in [1.807, 2.05) is 45.0 Å². The number of thiazole rings is 1. The van der Waals surface area contributed by atoms with Gasteiger partial charge in [-0.05, 0) is 28.5 Å². The molecule has 0 unspecified atom stereocenters. The van der Waals surface area contributed by atoms with Crippen molar-refractivity contribution in [2.24, 2.45) is 12.5 Å². The summed E-state index contributed by atoms with van der Waals surface area (Å²) in [5.41, 5.74) is 0.444. The number of carbonyl (C=O) groups excluding carboxylic acids is 1. The van der Waals surface area contributed by atoms with Gasteiger partial charge in [0.05, 0.1) is 4.53 Å². The number of hydrogen-bond acceptors (Lipinski definition) is 3. The Morgan fingerprint density at radius 2 is 1.76 bits per heavy atom. The summed E-state index contributed by atoms with van der Waals surface area (Å²) >= 11 is 1.35. The number of ketones is 1. The summed E-state index contributed by atoms with van der Waals surface area (Å²) in [5.74, 6) is 0.0154. The standard InChI is InChI=1S/C21H21NO2S/c1-21(2,3)18(23)13-19-22(4)20(24)17(25-19)12-14-9-10-15-7-5-6-8-16(15)11-14/h5-13H,1-4H3. The Balaban J connectivity index is 2.12. The van der Waals surface area contributed by atoms with Gasteiger partial charge in [0.15, 0.2) is 5.78 Å². The molecule has 25 heavy (non-hydrogen) atoms. The van der Waals surface area contributed by atoms with Crippen LogP contribution in [-0.2, 0) is 11.8 Å². The first-order valence-electron chi connectivity index (χ1n) is 8.18. The molecule has 4 heteroatoms. The fourth-order valence-corrected chi connectivity index (χ4v) is 3.52. The van der Waals surface area contributed by atoms with Crippen molar-refractivity contribution >= 4 is 40.0 Å². The molecule has 0 atom stereocenters. The van der Waals surface area contributed by atoms with Gasteiger partial charge in [0.25, 0.3) is 5.56 Å². The molecule has 0 aliphatic carbocycles. The van der Waals surface area contributed by atoms with Crippen LogP contribution in [-0.4, -0.2) is 10.4 Å². The van der Waals surface area contributed by atoms with Crippen LogP contribution in [0.2, 0.25) is 0 Å². The van der Waals surface area contributed by atoms with Crippen molar-refractivity contribution in [3.8, 4) is 0 Å². The number of Topliss-reactive ketones (excluding diaryl/α,β-unsaturated/α-hetero) is 1. The van der Waals surface area contributed by atoms with E-state index in [1.54, 1.807) is 17.7 Å². The lowest BCUT2D eigenvalue weighted by molar-refractivity contribution is -0.120. The smallest absolute Gasteiger partial charge is 0.268 e. The van der Waals surface area contributed by atoms with Crippen molar-refractivity contribution in [2.45, 2.75) is 20.8 Å². The zero-order valence-electron chi connectivity index (χ0n) is 14.9. The highest BCUT2D eigenvalue weighted by atomic mass is 32.1. The van der Waals surface area contributed by atoms with E-state index in [4.69, 9.17) is 0 Å². The fraction of sp³-hybridized carbons (Fsp3) is 0.238. The van der Waals surface area contributed by atoms with Crippen LogP contribution in [0.1, 0.15) is 26.3 Å². The second-order valence-corrected chi connectivity index (χ2v) is 8.24. The third kappa shape index (κ3) is 3.64. The zero-order chi connectivity index (χ0) is 18.2. The first kappa shape index (κ1) is 17.4. The van der Waals surface area contributed by atoms with Gasteiger partial charge in [-0.1, -0.05) is 57.2 Å². The van der Waals surface area contributed by atoms with Crippen LogP contribution in [0.5, 0.6) is 0 Å². The highest BCUT2D eigenvalue weighted by Crippen LogP contribution is 2.16. The molecule has 0 aliphatic heterocycles. The SMILES string of the molecule is Cn1c(=CC(=O)C(C)(C)C)sc(=Cc2ccc3ccccc3c2)c1=O. The molecule has 2 aromatic carbocycles. The molecule has 3 nitrogen and oxygen atoms in total. The van der Waals surface area contributed by atoms with Gasteiger partial charge < -0.3 is 4.57 Å². The first-order valence-corrected chi connectivity index (χ1v) is 9.00. The normalized spacial score (nSPS) is 13.6. The third-order valence-electron chi connectivity index (χ3n) is 4.13. The Kier molecular flexibility index (Phi) is 4.48. The van der Waals surface area contributed by atoms with E-state index in [0.29, 0.717) is 9.20 Å². The molecular weight excluding hydrogens is 330 g/mol. The van der Waals surface area contributed by atoms with E-state index in [-0.39, 0.29) is 11.3 Å². The van der Waals surface area contributed by atoms with Crippen LogP contribution in [0.25, 0.3) is 22.9 Å². The molecule has 0 saturated carbocycles. The number of aromatic nitrogens is 1. The van der Waals surface area contributed by atoms with Gasteiger partial charge in [0.2, 0.25) is 0 Å². The van der Waals surface area contributed by atoms with E-state index in [0.717, 1.165) is 10.9 Å². The van der Waals surface area contributed by atoms with Crippen molar-refractivity contribution in [3.05, 3.63) is 67.6 Å². The first-order chi connectivity index (χ1) is 11.8. The van der Waals surface area contributed by atoms with E-state index < -0.39 is 5.41 Å². The summed E-state index contributed by atoms with van der Waals surface area (Å²) in [6.07, 6.45) is 3.46. The largest absolute Gasteiger partial charge is 0.302 e. The summed E-state index contributed by atoms with van der Waals surface area (Å²) in [5, 5.41) is 2.31. The van der Waals surface area contributed by atoms with Crippen molar-refractivity contribution < 1.29 is 4.79 Å². The number of fused-ring (bicyclic) bond motifs is 1. The predicted octanol–water partition coefficient (Wildman–Crippen LogP) is 2.82. The Labute approximate surface area is 150 Å². The summed E-state index contributed by atoms with van der Waals surface area (Å²) < 4.78 is 2.85. The topological polar surface area (TPSA) is 39.1 Å². The number of rotatable bonds is 2. The van der Waals surface area contributed by atoms with Gasteiger partial charge in [0.1, 0.15) is 4.66 Å². The molecule has 0 spiro atoms. The lowest BCUT2D eigenvalue weighted by Gasteiger charge is -2.12. The fourth-order valence-electron chi connectivity index (χ4n) is 2.49. The quantitative estimate of drug-likeness (QED) is 0.712. The van der Waals surface area contributed by atoms with Gasteiger partial charge in [-0.15, -0.1) is 11.3 Å². The summed E-state index contributed by atoms with van der Waals surface area (Å²) in [6, 6.07) is 14.3. The average molecular weight is 351 g/mol. The van der Waals surface area contributed by atoms with Gasteiger partial charge in [-0.25, -0.2) is 0 Å². The maximum absolute atomic E-state index is 12.5. The van der Waals surface area contributed by atoms with Gasteiger partial charge in [0, 0.05) is 18.5 Å². The number of carbonyl (C=O) groups is 1. The predicted molar refractivity (Wildman–Crippen MR) is 105 cm³/mol. The molecule has 0 bridgehead atoms. The van der Waals surface area contributed by atoms with Crippen LogP contribution in [0.4, 0.5) is 0 Å². The summed E-state index contributed by atoms with van der Waals surface area (Å²) in [6.45, 7) is 5.62. The van der Waals surface area contributed by atoms with Crippen LogP contribution in [0.15, 0.2) is 47.3 Å². The minimum absolute atomic E-state index is 0.0154. The second-order valence-electron chi connectivity index (χ2n) is 7.18. The molecule has 0 radical (unpaired) electrons. The molecule has 1 heterocycles. The molecule has 0 fully saturated rings. The molecule has 3 rings (SSSR count). The molecule has 0 aliphatic rings. The van der Waals surface area contributed by atoms with Crippen molar-refractivity contribution in [3.63, 3.8) is 0 Å². The molecular formula is C21H21NO2S. The van der Waals surface area contributed by atoms with Crippen LogP contribution >= 0.6 is 11.3 Å². The van der Waals surface area contributed by atoms with Gasteiger partial charge in [-0.3, -0.25) is 9.59 Å². The molecule has 1 aromatic heterocycles. The monoisotopic (exact) mass is 351 g/mol. The molecule has 0 amide bonds. The maximum atomic E-state index is 12.5. The van der Waals surface area contributed by atoms with E-state index in [9.17, 15) is 9.59 Å². The van der Waals surface area contributed by atoms with Crippen molar-refractivity contribution in [1.29, 1.82) is 0 Å². The second kappa shape index (κ2) is 6.45. The molecule has 0 saturated heterocycles.